The first kappa shape index (κ1) is 16.6. The van der Waals surface area contributed by atoms with Gasteiger partial charge in [-0.1, -0.05) is 38.8 Å². The van der Waals surface area contributed by atoms with Crippen LogP contribution < -0.4 is 5.32 Å². The molecule has 0 bridgehead atoms. The number of hydrogen-bond acceptors (Lipinski definition) is 1. The Balaban J connectivity index is 2.32. The van der Waals surface area contributed by atoms with Crippen LogP contribution >= 0.6 is 31.9 Å². The van der Waals surface area contributed by atoms with Crippen molar-refractivity contribution in [3.63, 3.8) is 0 Å². The second-order valence-electron chi connectivity index (χ2n) is 4.75. The molecule has 0 aromatic heterocycles. The fraction of sp³-hybridized carbons (Fsp3) is 0.250. The predicted molar refractivity (Wildman–Crippen MR) is 88.3 cm³/mol. The number of rotatable bonds is 5. The van der Waals surface area contributed by atoms with E-state index in [1.807, 2.05) is 13.0 Å². The van der Waals surface area contributed by atoms with Crippen molar-refractivity contribution >= 4 is 31.9 Å². The third-order valence-corrected chi connectivity index (χ3v) is 4.40. The molecule has 1 atom stereocenters. The van der Waals surface area contributed by atoms with Gasteiger partial charge >= 0.3 is 0 Å². The topological polar surface area (TPSA) is 12.0 Å². The maximum Gasteiger partial charge on any atom is 0.124 e. The number of hydrogen-bond donors (Lipinski definition) is 1. The monoisotopic (exact) mass is 417 g/mol. The number of halogens is 4. The summed E-state index contributed by atoms with van der Waals surface area (Å²) in [5, 5.41) is 3.32. The minimum atomic E-state index is -0.291. The van der Waals surface area contributed by atoms with Crippen LogP contribution in [0.15, 0.2) is 45.3 Å². The maximum atomic E-state index is 13.6. The van der Waals surface area contributed by atoms with Gasteiger partial charge in [0.15, 0.2) is 0 Å². The van der Waals surface area contributed by atoms with Crippen LogP contribution in [-0.4, -0.2) is 6.54 Å². The van der Waals surface area contributed by atoms with E-state index < -0.39 is 0 Å². The molecule has 0 radical (unpaired) electrons. The standard InChI is InChI=1S/C16H15Br2F2N/c1-2-21-16(11-5-12(17)9-14(20)7-11)8-10-6-13(19)3-4-15(10)18/h3-7,9,16,21H,2,8H2,1H3. The smallest absolute Gasteiger partial charge is 0.124 e. The molecule has 2 rings (SSSR count). The first-order valence-corrected chi connectivity index (χ1v) is 8.21. The van der Waals surface area contributed by atoms with E-state index in [0.29, 0.717) is 10.9 Å². The summed E-state index contributed by atoms with van der Waals surface area (Å²) in [6, 6.07) is 9.33. The van der Waals surface area contributed by atoms with E-state index in [1.54, 1.807) is 6.07 Å². The Bertz CT molecular complexity index is 611. The maximum absolute atomic E-state index is 13.6. The Morgan fingerprint density at radius 3 is 2.48 bits per heavy atom. The van der Waals surface area contributed by atoms with Crippen molar-refractivity contribution in [3.8, 4) is 0 Å². The lowest BCUT2D eigenvalue weighted by Crippen LogP contribution is -2.23. The van der Waals surface area contributed by atoms with Gasteiger partial charge in [-0.2, -0.15) is 0 Å². The normalized spacial score (nSPS) is 12.4. The van der Waals surface area contributed by atoms with Gasteiger partial charge in [0.2, 0.25) is 0 Å². The molecule has 0 aliphatic heterocycles. The second kappa shape index (κ2) is 7.47. The zero-order chi connectivity index (χ0) is 15.4. The van der Waals surface area contributed by atoms with Gasteiger partial charge in [-0.25, -0.2) is 8.78 Å². The van der Waals surface area contributed by atoms with Crippen molar-refractivity contribution in [1.82, 2.24) is 5.32 Å². The van der Waals surface area contributed by atoms with Crippen molar-refractivity contribution < 1.29 is 8.78 Å². The lowest BCUT2D eigenvalue weighted by atomic mass is 9.98. The van der Waals surface area contributed by atoms with Gasteiger partial charge in [0, 0.05) is 15.0 Å². The summed E-state index contributed by atoms with van der Waals surface area (Å²) in [7, 11) is 0. The van der Waals surface area contributed by atoms with E-state index in [0.717, 1.165) is 22.1 Å². The molecule has 0 saturated heterocycles. The molecule has 0 heterocycles. The molecule has 0 aliphatic carbocycles. The molecule has 0 saturated carbocycles. The van der Waals surface area contributed by atoms with Gasteiger partial charge in [0.1, 0.15) is 11.6 Å². The average Bonchev–Trinajstić information content (AvgIpc) is 2.41. The van der Waals surface area contributed by atoms with Gasteiger partial charge in [-0.3, -0.25) is 0 Å². The molecule has 2 aromatic carbocycles. The van der Waals surface area contributed by atoms with Crippen LogP contribution in [-0.2, 0) is 6.42 Å². The third kappa shape index (κ3) is 4.59. The van der Waals surface area contributed by atoms with Gasteiger partial charge in [-0.15, -0.1) is 0 Å². The Morgan fingerprint density at radius 1 is 1.05 bits per heavy atom. The Kier molecular flexibility index (Phi) is 5.90. The van der Waals surface area contributed by atoms with E-state index in [4.69, 9.17) is 0 Å². The molecule has 112 valence electrons. The van der Waals surface area contributed by atoms with Crippen LogP contribution in [0.1, 0.15) is 24.1 Å². The first-order chi connectivity index (χ1) is 9.99. The van der Waals surface area contributed by atoms with Gasteiger partial charge in [0.05, 0.1) is 0 Å². The van der Waals surface area contributed by atoms with Crippen LogP contribution in [0.25, 0.3) is 0 Å². The molecular formula is C16H15Br2F2N. The van der Waals surface area contributed by atoms with Gasteiger partial charge < -0.3 is 5.32 Å². The SMILES string of the molecule is CCNC(Cc1cc(F)ccc1Br)c1cc(F)cc(Br)c1. The van der Waals surface area contributed by atoms with Crippen molar-refractivity contribution in [2.75, 3.05) is 6.54 Å². The molecule has 0 amide bonds. The summed E-state index contributed by atoms with van der Waals surface area (Å²) in [4.78, 5) is 0. The van der Waals surface area contributed by atoms with E-state index >= 15 is 0 Å². The summed E-state index contributed by atoms with van der Waals surface area (Å²) in [5.74, 6) is -0.565. The van der Waals surface area contributed by atoms with Crippen LogP contribution in [0.5, 0.6) is 0 Å². The lowest BCUT2D eigenvalue weighted by Gasteiger charge is -2.20. The molecule has 0 fully saturated rings. The largest absolute Gasteiger partial charge is 0.310 e. The van der Waals surface area contributed by atoms with Crippen LogP contribution in [0, 0.1) is 11.6 Å². The highest BCUT2D eigenvalue weighted by atomic mass is 79.9. The molecule has 21 heavy (non-hydrogen) atoms. The van der Waals surface area contributed by atoms with Crippen LogP contribution in [0.4, 0.5) is 8.78 Å². The summed E-state index contributed by atoms with van der Waals surface area (Å²) in [6.07, 6.45) is 0.572. The zero-order valence-electron chi connectivity index (χ0n) is 11.5. The summed E-state index contributed by atoms with van der Waals surface area (Å²) >= 11 is 6.74. The molecule has 0 aliphatic rings. The summed E-state index contributed by atoms with van der Waals surface area (Å²) in [5.41, 5.74) is 1.68. The summed E-state index contributed by atoms with van der Waals surface area (Å²) < 4.78 is 28.5. The Labute approximate surface area is 140 Å². The number of benzene rings is 2. The first-order valence-electron chi connectivity index (χ1n) is 6.63. The van der Waals surface area contributed by atoms with Crippen LogP contribution in [0.2, 0.25) is 0 Å². The Hall–Kier alpha value is -0.780. The highest BCUT2D eigenvalue weighted by Crippen LogP contribution is 2.27. The minimum absolute atomic E-state index is 0.0832. The molecule has 0 spiro atoms. The van der Waals surface area contributed by atoms with E-state index in [9.17, 15) is 8.78 Å². The fourth-order valence-corrected chi connectivity index (χ4v) is 3.14. The average molecular weight is 419 g/mol. The second-order valence-corrected chi connectivity index (χ2v) is 6.52. The van der Waals surface area contributed by atoms with E-state index in [1.165, 1.54) is 24.3 Å². The molecule has 2 aromatic rings. The quantitative estimate of drug-likeness (QED) is 0.686. The molecule has 1 nitrogen and oxygen atoms in total. The molecule has 1 unspecified atom stereocenters. The van der Waals surface area contributed by atoms with Gasteiger partial charge in [0.25, 0.3) is 0 Å². The Morgan fingerprint density at radius 2 is 1.81 bits per heavy atom. The summed E-state index contributed by atoms with van der Waals surface area (Å²) in [6.45, 7) is 2.73. The predicted octanol–water partition coefficient (Wildman–Crippen LogP) is 5.38. The highest BCUT2D eigenvalue weighted by molar-refractivity contribution is 9.10. The lowest BCUT2D eigenvalue weighted by molar-refractivity contribution is 0.539. The van der Waals surface area contributed by atoms with Crippen molar-refractivity contribution in [1.29, 1.82) is 0 Å². The van der Waals surface area contributed by atoms with Crippen molar-refractivity contribution in [3.05, 3.63) is 68.1 Å². The minimum Gasteiger partial charge on any atom is -0.310 e. The van der Waals surface area contributed by atoms with Crippen molar-refractivity contribution in [2.24, 2.45) is 0 Å². The van der Waals surface area contributed by atoms with Crippen molar-refractivity contribution in [2.45, 2.75) is 19.4 Å². The number of likely N-dealkylation sites (N-methyl/N-ethyl adjacent to an activating group) is 1. The third-order valence-electron chi connectivity index (χ3n) is 3.17. The molecular weight excluding hydrogens is 404 g/mol. The van der Waals surface area contributed by atoms with Crippen LogP contribution in [0.3, 0.4) is 0 Å². The van der Waals surface area contributed by atoms with E-state index in [2.05, 4.69) is 37.2 Å². The highest BCUT2D eigenvalue weighted by Gasteiger charge is 2.15. The fourth-order valence-electron chi connectivity index (χ4n) is 2.25. The van der Waals surface area contributed by atoms with E-state index in [-0.39, 0.29) is 17.7 Å². The zero-order valence-corrected chi connectivity index (χ0v) is 14.6. The molecule has 1 N–H and O–H groups in total. The number of nitrogens with one attached hydrogen (secondary N) is 1. The molecule has 5 heteroatoms. The van der Waals surface area contributed by atoms with Gasteiger partial charge in [-0.05, 0) is 60.5 Å².